The molecule has 0 aliphatic rings. The third kappa shape index (κ3) is 8.44. The number of phenolic OH excluding ortho intramolecular Hbond substituents is 2. The fourth-order valence-corrected chi connectivity index (χ4v) is 3.95. The van der Waals surface area contributed by atoms with Crippen LogP contribution >= 0.6 is 0 Å². The third-order valence-electron chi connectivity index (χ3n) is 5.24. The van der Waals surface area contributed by atoms with Gasteiger partial charge in [-0.1, -0.05) is 45.4 Å². The van der Waals surface area contributed by atoms with E-state index in [-0.39, 0.29) is 10.8 Å². The van der Waals surface area contributed by atoms with Gasteiger partial charge in [0.1, 0.15) is 5.75 Å². The second kappa shape index (κ2) is 12.1. The molecule has 0 radical (unpaired) electrons. The van der Waals surface area contributed by atoms with Gasteiger partial charge in [0, 0.05) is 12.1 Å². The van der Waals surface area contributed by atoms with Gasteiger partial charge in [0.05, 0.1) is 0 Å². The van der Waals surface area contributed by atoms with Crippen LogP contribution in [-0.2, 0) is 39.1 Å². The molecular formula is C27H44MnN2O2. The summed E-state index contributed by atoms with van der Waals surface area (Å²) < 4.78 is 3.28. The molecule has 0 bridgehead atoms. The van der Waals surface area contributed by atoms with Gasteiger partial charge < -0.3 is 10.4 Å². The maximum atomic E-state index is 10.2. The average molecular weight is 484 g/mol. The Morgan fingerprint density at radius 2 is 1.16 bits per heavy atom. The summed E-state index contributed by atoms with van der Waals surface area (Å²) in [4.78, 5) is 0. The van der Waals surface area contributed by atoms with Crippen molar-refractivity contribution >= 4 is 0 Å². The molecule has 0 aromatic heterocycles. The molecule has 4 nitrogen and oxygen atoms in total. The van der Waals surface area contributed by atoms with E-state index >= 15 is 0 Å². The number of phenols is 2. The molecule has 2 rings (SSSR count). The van der Waals surface area contributed by atoms with Crippen LogP contribution in [0.5, 0.6) is 11.5 Å². The molecule has 0 saturated carbocycles. The number of hydrogen-bond donors (Lipinski definition) is 4. The zero-order chi connectivity index (χ0) is 24.7. The van der Waals surface area contributed by atoms with E-state index in [9.17, 15) is 10.2 Å². The van der Waals surface area contributed by atoms with Gasteiger partial charge in [-0.05, 0) is 24.4 Å². The molecule has 2 aromatic carbocycles. The Morgan fingerprint density at radius 3 is 1.50 bits per heavy atom. The van der Waals surface area contributed by atoms with Crippen LogP contribution in [-0.4, -0.2) is 16.8 Å². The number of nitrogens with one attached hydrogen (secondary N) is 2. The summed E-state index contributed by atoms with van der Waals surface area (Å²) in [6.45, 7) is 21.4. The molecule has 0 aliphatic heterocycles. The Kier molecular flexibility index (Phi) is 10.8. The Balaban J connectivity index is 0.000000320. The van der Waals surface area contributed by atoms with Crippen molar-refractivity contribution in [3.05, 3.63) is 57.6 Å². The summed E-state index contributed by atoms with van der Waals surface area (Å²) >= 11 is 0.672. The average Bonchev–Trinajstić information content (AvgIpc) is 2.67. The molecule has 0 aliphatic carbocycles. The summed E-state index contributed by atoms with van der Waals surface area (Å²) in [6, 6.07) is 8.25. The summed E-state index contributed by atoms with van der Waals surface area (Å²) in [6.07, 6.45) is 0. The van der Waals surface area contributed by atoms with Crippen LogP contribution < -0.4 is 9.65 Å². The van der Waals surface area contributed by atoms with Crippen LogP contribution in [0.1, 0.15) is 81.8 Å². The van der Waals surface area contributed by atoms with E-state index in [2.05, 4.69) is 96.0 Å². The second-order valence-corrected chi connectivity index (χ2v) is 11.4. The van der Waals surface area contributed by atoms with Gasteiger partial charge in [0.15, 0.2) is 0 Å². The summed E-state index contributed by atoms with van der Waals surface area (Å²) in [5.41, 5.74) is 6.43. The minimum absolute atomic E-state index is 0.0142. The van der Waals surface area contributed by atoms with E-state index in [0.717, 1.165) is 41.9 Å². The number of aromatic hydroxyl groups is 2. The first kappa shape index (κ1) is 28.5. The van der Waals surface area contributed by atoms with Crippen LogP contribution in [0.2, 0.25) is 5.82 Å². The van der Waals surface area contributed by atoms with E-state index in [4.69, 9.17) is 0 Å². The van der Waals surface area contributed by atoms with E-state index in [1.165, 1.54) is 11.1 Å². The Bertz CT molecular complexity index is 807. The topological polar surface area (TPSA) is 64.5 Å². The first-order valence-electron chi connectivity index (χ1n) is 11.3. The molecule has 0 spiro atoms. The third-order valence-corrected chi connectivity index (χ3v) is 5.86. The van der Waals surface area contributed by atoms with E-state index in [0.29, 0.717) is 26.7 Å². The van der Waals surface area contributed by atoms with Crippen molar-refractivity contribution in [1.82, 2.24) is 9.65 Å². The normalized spacial score (nSPS) is 11.8. The molecule has 32 heavy (non-hydrogen) atoms. The van der Waals surface area contributed by atoms with Crippen molar-refractivity contribution in [2.24, 2.45) is 0 Å². The first-order chi connectivity index (χ1) is 14.7. The molecule has 4 N–H and O–H groups in total. The van der Waals surface area contributed by atoms with Gasteiger partial charge in [-0.25, -0.2) is 0 Å². The molecule has 0 saturated heterocycles. The Morgan fingerprint density at radius 1 is 0.750 bits per heavy atom. The van der Waals surface area contributed by atoms with Crippen LogP contribution in [0.3, 0.4) is 0 Å². The predicted octanol–water partition coefficient (Wildman–Crippen LogP) is 6.24. The molecule has 2 aromatic rings. The molecule has 181 valence electrons. The molecule has 5 heteroatoms. The van der Waals surface area contributed by atoms with Gasteiger partial charge >= 0.3 is 105 Å². The fourth-order valence-electron chi connectivity index (χ4n) is 3.52. The number of benzene rings is 2. The van der Waals surface area contributed by atoms with Crippen molar-refractivity contribution < 1.29 is 25.4 Å². The zero-order valence-corrected chi connectivity index (χ0v) is 22.9. The van der Waals surface area contributed by atoms with Gasteiger partial charge in [-0.3, -0.25) is 0 Å². The SMILES string of the molecule is CCNCc1cc(C)cc(C(C)(C)C)c1O.[CH3][Mn][NH]Cc1cc(C)cc(C(C)(C)C)c1O. The molecule has 0 heterocycles. The van der Waals surface area contributed by atoms with Crippen molar-refractivity contribution in [1.29, 1.82) is 0 Å². The molecule has 0 atom stereocenters. The monoisotopic (exact) mass is 483 g/mol. The fraction of sp³-hybridized carbons (Fsp3) is 0.556. The van der Waals surface area contributed by atoms with Gasteiger partial charge in [0.25, 0.3) is 0 Å². The number of aryl methyl sites for hydroxylation is 2. The molecule has 0 amide bonds. The maximum absolute atomic E-state index is 10.2. The first-order valence-corrected chi connectivity index (χ1v) is 13.1. The van der Waals surface area contributed by atoms with E-state index < -0.39 is 0 Å². The Hall–Kier alpha value is -1.52. The van der Waals surface area contributed by atoms with Crippen LogP contribution in [0, 0.1) is 13.8 Å². The van der Waals surface area contributed by atoms with Crippen molar-refractivity contribution in [3.63, 3.8) is 0 Å². The zero-order valence-electron chi connectivity index (χ0n) is 21.7. The standard InChI is InChI=1S/C14H23NO.C12H18NO.CH3.Mn/c1-6-15-9-11-7-10(2)8-12(13(11)16)14(3,4)5;1-8-5-9(7-13)11(14)10(6-8)12(2,3)4;;/h7-8,15-16H,6,9H2,1-5H3;5-6,13-14H,7H2,1-4H3;1H3;/q;-1;;+1. The quantitative estimate of drug-likeness (QED) is 0.367. The molecule has 0 fully saturated rings. The molecule has 0 unspecified atom stereocenters. The van der Waals surface area contributed by atoms with Crippen LogP contribution in [0.4, 0.5) is 0 Å². The number of rotatable bonds is 6. The van der Waals surface area contributed by atoms with Crippen molar-refractivity contribution in [2.75, 3.05) is 6.54 Å². The second-order valence-electron chi connectivity index (χ2n) is 10.4. The summed E-state index contributed by atoms with van der Waals surface area (Å²) in [7, 11) is 0. The predicted molar refractivity (Wildman–Crippen MR) is 133 cm³/mol. The van der Waals surface area contributed by atoms with Crippen LogP contribution in [0.25, 0.3) is 0 Å². The van der Waals surface area contributed by atoms with Crippen molar-refractivity contribution in [2.45, 2.75) is 92.1 Å². The summed E-state index contributed by atoms with van der Waals surface area (Å²) in [5.74, 6) is 2.99. The van der Waals surface area contributed by atoms with E-state index in [1.807, 2.05) is 6.07 Å². The van der Waals surface area contributed by atoms with Gasteiger partial charge in [-0.15, -0.1) is 0 Å². The Labute approximate surface area is 202 Å². The van der Waals surface area contributed by atoms with Gasteiger partial charge in [0.2, 0.25) is 0 Å². The minimum atomic E-state index is -0.0168. The number of hydrogen-bond acceptors (Lipinski definition) is 4. The van der Waals surface area contributed by atoms with Crippen LogP contribution in [0.15, 0.2) is 24.3 Å². The van der Waals surface area contributed by atoms with Crippen molar-refractivity contribution in [3.8, 4) is 11.5 Å². The molecular weight excluding hydrogens is 439 g/mol. The summed E-state index contributed by atoms with van der Waals surface area (Å²) in [5, 5.41) is 23.7. The van der Waals surface area contributed by atoms with Gasteiger partial charge in [-0.2, -0.15) is 0 Å². The van der Waals surface area contributed by atoms with E-state index in [1.54, 1.807) is 0 Å².